The number of likely N-dealkylation sites (tertiary alicyclic amines) is 2. The minimum Gasteiger partial charge on any atom is -0.493 e. The third-order valence-electron chi connectivity index (χ3n) is 4.98. The van der Waals surface area contributed by atoms with E-state index in [9.17, 15) is 4.79 Å². The number of urea groups is 1. The highest BCUT2D eigenvalue weighted by Gasteiger charge is 2.35. The van der Waals surface area contributed by atoms with Gasteiger partial charge in [-0.2, -0.15) is 0 Å². The normalized spacial score (nSPS) is 19.8. The summed E-state index contributed by atoms with van der Waals surface area (Å²) in [6.07, 6.45) is 3.93. The predicted molar refractivity (Wildman–Crippen MR) is 97.3 cm³/mol. The van der Waals surface area contributed by atoms with E-state index in [1.54, 1.807) is 7.11 Å². The molecular formula is C19H29N3O3. The zero-order valence-corrected chi connectivity index (χ0v) is 15.2. The smallest absolute Gasteiger partial charge is 0.317 e. The molecule has 3 rings (SSSR count). The number of ether oxygens (including phenoxy) is 2. The van der Waals surface area contributed by atoms with Gasteiger partial charge in [-0.15, -0.1) is 0 Å². The Bertz CT molecular complexity index is 569. The van der Waals surface area contributed by atoms with Gasteiger partial charge >= 0.3 is 6.03 Å². The maximum absolute atomic E-state index is 12.3. The molecule has 1 atom stereocenters. The van der Waals surface area contributed by atoms with Crippen molar-refractivity contribution >= 4 is 6.03 Å². The number of benzene rings is 1. The number of piperidine rings is 1. The number of hydrogen-bond donors (Lipinski definition) is 1. The fourth-order valence-electron chi connectivity index (χ4n) is 3.43. The summed E-state index contributed by atoms with van der Waals surface area (Å²) in [5.41, 5.74) is 0. The quantitative estimate of drug-likeness (QED) is 0.858. The van der Waals surface area contributed by atoms with E-state index in [0.29, 0.717) is 24.1 Å². The van der Waals surface area contributed by atoms with Crippen LogP contribution in [-0.4, -0.2) is 67.8 Å². The Morgan fingerprint density at radius 3 is 2.56 bits per heavy atom. The lowest BCUT2D eigenvalue weighted by atomic mass is 10.0. The number of amides is 2. The molecule has 2 aliphatic heterocycles. The molecule has 6 nitrogen and oxygen atoms in total. The van der Waals surface area contributed by atoms with Crippen molar-refractivity contribution in [2.45, 2.75) is 38.3 Å². The maximum Gasteiger partial charge on any atom is 0.317 e. The first-order valence-electron chi connectivity index (χ1n) is 9.22. The summed E-state index contributed by atoms with van der Waals surface area (Å²) < 4.78 is 11.0. The molecule has 1 aromatic rings. The van der Waals surface area contributed by atoms with E-state index in [2.05, 4.69) is 10.2 Å². The topological polar surface area (TPSA) is 54.0 Å². The van der Waals surface area contributed by atoms with Crippen molar-refractivity contribution in [2.24, 2.45) is 0 Å². The molecule has 2 fully saturated rings. The Labute approximate surface area is 150 Å². The maximum atomic E-state index is 12.3. The Hall–Kier alpha value is -1.95. The van der Waals surface area contributed by atoms with Gasteiger partial charge in [0.1, 0.15) is 6.61 Å². The lowest BCUT2D eigenvalue weighted by molar-refractivity contribution is 0.0438. The van der Waals surface area contributed by atoms with E-state index in [0.717, 1.165) is 13.1 Å². The molecule has 0 saturated carbocycles. The lowest BCUT2D eigenvalue weighted by Gasteiger charge is -2.46. The minimum atomic E-state index is -0.0635. The molecular weight excluding hydrogens is 318 g/mol. The molecule has 2 aliphatic rings. The van der Waals surface area contributed by atoms with Gasteiger partial charge in [0, 0.05) is 19.1 Å². The van der Waals surface area contributed by atoms with Crippen LogP contribution in [0.25, 0.3) is 0 Å². The second kappa shape index (κ2) is 8.43. The lowest BCUT2D eigenvalue weighted by Crippen LogP contribution is -2.64. The molecule has 1 aromatic carbocycles. The Morgan fingerprint density at radius 1 is 1.20 bits per heavy atom. The highest BCUT2D eigenvalue weighted by Crippen LogP contribution is 2.25. The Morgan fingerprint density at radius 2 is 1.88 bits per heavy atom. The van der Waals surface area contributed by atoms with E-state index in [-0.39, 0.29) is 12.1 Å². The van der Waals surface area contributed by atoms with Crippen molar-refractivity contribution in [2.75, 3.05) is 39.9 Å². The van der Waals surface area contributed by atoms with Crippen molar-refractivity contribution in [1.82, 2.24) is 15.1 Å². The average Bonchev–Trinajstić information content (AvgIpc) is 2.60. The monoisotopic (exact) mass is 347 g/mol. The van der Waals surface area contributed by atoms with Gasteiger partial charge in [0.25, 0.3) is 0 Å². The third kappa shape index (κ3) is 4.57. The van der Waals surface area contributed by atoms with Crippen LogP contribution in [0.2, 0.25) is 0 Å². The van der Waals surface area contributed by atoms with Gasteiger partial charge < -0.3 is 19.7 Å². The molecule has 0 radical (unpaired) electrons. The minimum absolute atomic E-state index is 0.00406. The first-order chi connectivity index (χ1) is 12.2. The molecule has 2 saturated heterocycles. The number of nitrogens with zero attached hydrogens (tertiary/aromatic N) is 2. The van der Waals surface area contributed by atoms with E-state index < -0.39 is 0 Å². The largest absolute Gasteiger partial charge is 0.493 e. The van der Waals surface area contributed by atoms with Gasteiger partial charge in [-0.3, -0.25) is 4.90 Å². The van der Waals surface area contributed by atoms with Crippen LogP contribution in [-0.2, 0) is 0 Å². The van der Waals surface area contributed by atoms with Crippen molar-refractivity contribution in [3.8, 4) is 11.5 Å². The van der Waals surface area contributed by atoms with Crippen LogP contribution in [0.15, 0.2) is 24.3 Å². The van der Waals surface area contributed by atoms with Crippen LogP contribution in [0.1, 0.15) is 26.2 Å². The zero-order chi connectivity index (χ0) is 17.6. The third-order valence-corrected chi connectivity index (χ3v) is 4.98. The van der Waals surface area contributed by atoms with Crippen LogP contribution < -0.4 is 14.8 Å². The molecule has 2 heterocycles. The van der Waals surface area contributed by atoms with Crippen LogP contribution in [0.3, 0.4) is 0 Å². The first-order valence-corrected chi connectivity index (χ1v) is 9.22. The Balaban J connectivity index is 1.38. The second-order valence-electron chi connectivity index (χ2n) is 6.97. The van der Waals surface area contributed by atoms with Gasteiger partial charge in [-0.05, 0) is 45.0 Å². The average molecular weight is 347 g/mol. The Kier molecular flexibility index (Phi) is 6.02. The number of nitrogens with one attached hydrogen (secondary N) is 1. The summed E-state index contributed by atoms with van der Waals surface area (Å²) in [6, 6.07) is 8.02. The van der Waals surface area contributed by atoms with Gasteiger partial charge in [0.05, 0.1) is 13.2 Å². The number of carbonyl (C=O) groups excluding carboxylic acids is 1. The summed E-state index contributed by atoms with van der Waals surface area (Å²) in [5, 5.41) is 3.02. The first kappa shape index (κ1) is 17.9. The molecule has 0 aromatic heterocycles. The summed E-state index contributed by atoms with van der Waals surface area (Å²) >= 11 is 0. The van der Waals surface area contributed by atoms with Gasteiger partial charge in [-0.25, -0.2) is 4.79 Å². The highest BCUT2D eigenvalue weighted by molar-refractivity contribution is 5.75. The van der Waals surface area contributed by atoms with Gasteiger partial charge in [0.15, 0.2) is 11.5 Å². The molecule has 1 N–H and O–H groups in total. The molecule has 0 bridgehead atoms. The summed E-state index contributed by atoms with van der Waals surface area (Å²) in [5.74, 6) is 1.40. The fourth-order valence-corrected chi connectivity index (χ4v) is 3.43. The highest BCUT2D eigenvalue weighted by atomic mass is 16.5. The van der Waals surface area contributed by atoms with Crippen molar-refractivity contribution in [3.05, 3.63) is 24.3 Å². The van der Waals surface area contributed by atoms with Gasteiger partial charge in [-0.1, -0.05) is 18.6 Å². The predicted octanol–water partition coefficient (Wildman–Crippen LogP) is 2.34. The molecule has 0 spiro atoms. The number of hydrogen-bond acceptors (Lipinski definition) is 4. The standard InChI is InChI=1S/C19H29N3O3/c1-15(14-25-18-9-5-4-8-17(18)24-2)20-19(23)22-12-16(13-22)21-10-6-3-7-11-21/h4-5,8-9,15-16H,3,6-7,10-14H2,1-2H3,(H,20,23)/t15-/m0/s1. The summed E-state index contributed by atoms with van der Waals surface area (Å²) in [7, 11) is 1.62. The number of para-hydroxylation sites is 2. The molecule has 0 aliphatic carbocycles. The molecule has 0 unspecified atom stereocenters. The van der Waals surface area contributed by atoms with E-state index in [1.807, 2.05) is 36.1 Å². The van der Waals surface area contributed by atoms with E-state index in [1.165, 1.54) is 32.4 Å². The zero-order valence-electron chi connectivity index (χ0n) is 15.2. The van der Waals surface area contributed by atoms with Crippen molar-refractivity contribution in [3.63, 3.8) is 0 Å². The molecule has 2 amide bonds. The van der Waals surface area contributed by atoms with Crippen LogP contribution >= 0.6 is 0 Å². The SMILES string of the molecule is COc1ccccc1OC[C@H](C)NC(=O)N1CC(N2CCCCC2)C1. The molecule has 138 valence electrons. The second-order valence-corrected chi connectivity index (χ2v) is 6.97. The van der Waals surface area contributed by atoms with Crippen LogP contribution in [0.4, 0.5) is 4.79 Å². The number of carbonyl (C=O) groups is 1. The van der Waals surface area contributed by atoms with E-state index in [4.69, 9.17) is 9.47 Å². The van der Waals surface area contributed by atoms with Crippen molar-refractivity contribution < 1.29 is 14.3 Å². The summed E-state index contributed by atoms with van der Waals surface area (Å²) in [4.78, 5) is 16.7. The molecule has 25 heavy (non-hydrogen) atoms. The van der Waals surface area contributed by atoms with Crippen LogP contribution in [0.5, 0.6) is 11.5 Å². The summed E-state index contributed by atoms with van der Waals surface area (Å²) in [6.45, 7) is 6.41. The van der Waals surface area contributed by atoms with Crippen LogP contribution in [0, 0.1) is 0 Å². The van der Waals surface area contributed by atoms with E-state index >= 15 is 0 Å². The molecule has 6 heteroatoms. The number of rotatable bonds is 6. The number of methoxy groups -OCH3 is 1. The van der Waals surface area contributed by atoms with Crippen molar-refractivity contribution in [1.29, 1.82) is 0 Å². The fraction of sp³-hybridized carbons (Fsp3) is 0.632. The van der Waals surface area contributed by atoms with Gasteiger partial charge in [0.2, 0.25) is 0 Å².